The van der Waals surface area contributed by atoms with E-state index >= 15 is 0 Å². The van der Waals surface area contributed by atoms with E-state index in [2.05, 4.69) is 0 Å². The van der Waals surface area contributed by atoms with Gasteiger partial charge in [0.15, 0.2) is 29.3 Å². The number of rotatable bonds is 9. The molecule has 1 fully saturated rings. The summed E-state index contributed by atoms with van der Waals surface area (Å²) in [5.74, 6) is 2.36. The average molecular weight is 508 g/mol. The van der Waals surface area contributed by atoms with Crippen LogP contribution < -0.4 is 24.5 Å². The average Bonchev–Trinajstić information content (AvgIpc) is 2.95. The summed E-state index contributed by atoms with van der Waals surface area (Å²) in [6.45, 7) is 1.83. The molecular weight excluding hydrogens is 474 g/mol. The van der Waals surface area contributed by atoms with Crippen molar-refractivity contribution in [3.05, 3.63) is 46.9 Å². The Kier molecular flexibility index (Phi) is 7.39. The van der Waals surface area contributed by atoms with E-state index in [1.807, 2.05) is 36.5 Å². The lowest BCUT2D eigenvalue weighted by molar-refractivity contribution is -0.163. The predicted molar refractivity (Wildman–Crippen MR) is 144 cm³/mol. The van der Waals surface area contributed by atoms with Crippen molar-refractivity contribution >= 4 is 32.3 Å². The van der Waals surface area contributed by atoms with Gasteiger partial charge in [0.2, 0.25) is 0 Å². The molecule has 1 unspecified atom stereocenters. The Morgan fingerprint density at radius 1 is 0.811 bits per heavy atom. The minimum atomic E-state index is -0.133. The highest BCUT2D eigenvalue weighted by Gasteiger charge is 2.19. The number of pyridine rings is 1. The molecule has 5 rings (SSSR count). The smallest absolute Gasteiger partial charge is 0.259 e. The number of aryl methyl sites for hydroxylation is 1. The molecule has 4 aromatic rings. The fraction of sp³-hybridized carbons (Fsp3) is 0.414. The first-order valence-electron chi connectivity index (χ1n) is 12.6. The maximum Gasteiger partial charge on any atom is 0.259 e. The van der Waals surface area contributed by atoms with Crippen LogP contribution in [0.4, 0.5) is 0 Å². The second kappa shape index (κ2) is 10.9. The Labute approximate surface area is 215 Å². The molecule has 8 heteroatoms. The third-order valence-electron chi connectivity index (χ3n) is 7.05. The lowest BCUT2D eigenvalue weighted by Gasteiger charge is -2.22. The van der Waals surface area contributed by atoms with Crippen molar-refractivity contribution in [1.29, 1.82) is 0 Å². The summed E-state index contributed by atoms with van der Waals surface area (Å²) < 4.78 is 35.6. The zero-order valence-corrected chi connectivity index (χ0v) is 21.8. The molecule has 0 spiro atoms. The highest BCUT2D eigenvalue weighted by atomic mass is 16.7. The molecule has 3 aromatic carbocycles. The van der Waals surface area contributed by atoms with Crippen LogP contribution in [0.25, 0.3) is 32.3 Å². The van der Waals surface area contributed by atoms with Crippen LogP contribution >= 0.6 is 0 Å². The lowest BCUT2D eigenvalue weighted by atomic mass is 9.94. The van der Waals surface area contributed by atoms with Gasteiger partial charge in [-0.15, -0.1) is 0 Å². The molecule has 0 saturated carbocycles. The minimum Gasteiger partial charge on any atom is -0.493 e. The van der Waals surface area contributed by atoms with Crippen LogP contribution in [0.3, 0.4) is 0 Å². The number of benzene rings is 3. The summed E-state index contributed by atoms with van der Waals surface area (Å²) in [5.41, 5.74) is -0.0691. The minimum absolute atomic E-state index is 0.0691. The Balaban J connectivity index is 1.64. The molecule has 2 heterocycles. The van der Waals surface area contributed by atoms with E-state index in [0.717, 1.165) is 52.8 Å². The summed E-state index contributed by atoms with van der Waals surface area (Å²) in [6.07, 6.45) is 5.56. The number of aromatic nitrogens is 1. The fourth-order valence-corrected chi connectivity index (χ4v) is 5.16. The quantitative estimate of drug-likeness (QED) is 0.225. The summed E-state index contributed by atoms with van der Waals surface area (Å²) in [4.78, 5) is 13.9. The van der Waals surface area contributed by atoms with Crippen molar-refractivity contribution in [2.24, 2.45) is 0 Å². The standard InChI is InChI=1S/C29H33NO7/c1-32-23-14-19-18-9-11-30(10-7-13-37-27-8-5-6-12-36-27)29(31)28(18)22-17-26(35-4)25(34-3)16-21(22)20(19)15-24(23)33-2/h9,11,14-17,27H,5-8,10,12-13H2,1-4H3. The summed E-state index contributed by atoms with van der Waals surface area (Å²) in [6, 6.07) is 9.65. The van der Waals surface area contributed by atoms with Crippen molar-refractivity contribution in [3.63, 3.8) is 0 Å². The second-order valence-electron chi connectivity index (χ2n) is 9.13. The second-order valence-corrected chi connectivity index (χ2v) is 9.13. The largest absolute Gasteiger partial charge is 0.493 e. The van der Waals surface area contributed by atoms with Gasteiger partial charge in [-0.25, -0.2) is 0 Å². The van der Waals surface area contributed by atoms with Gasteiger partial charge < -0.3 is 33.0 Å². The first-order valence-corrected chi connectivity index (χ1v) is 12.6. The number of methoxy groups -OCH3 is 4. The number of nitrogens with zero attached hydrogens (tertiary/aromatic N) is 1. The SMILES string of the molecule is COc1cc2c(cc1OC)c1ccn(CCCOC3CCCCO3)c(=O)c1c1cc(OC)c(OC)cc21. The van der Waals surface area contributed by atoms with Crippen LogP contribution in [0.1, 0.15) is 25.7 Å². The first kappa shape index (κ1) is 25.2. The van der Waals surface area contributed by atoms with Gasteiger partial charge in [0.1, 0.15) is 0 Å². The Hall–Kier alpha value is -3.49. The molecule has 1 saturated heterocycles. The molecule has 0 radical (unpaired) electrons. The molecule has 1 aromatic heterocycles. The predicted octanol–water partition coefficient (Wildman–Crippen LogP) is 5.28. The molecule has 1 aliphatic heterocycles. The summed E-state index contributed by atoms with van der Waals surface area (Å²) in [5, 5.41) is 4.94. The molecular formula is C29H33NO7. The van der Waals surface area contributed by atoms with Crippen LogP contribution in [0.2, 0.25) is 0 Å². The van der Waals surface area contributed by atoms with Gasteiger partial charge in [-0.2, -0.15) is 0 Å². The Morgan fingerprint density at radius 3 is 1.95 bits per heavy atom. The topological polar surface area (TPSA) is 77.4 Å². The number of fused-ring (bicyclic) bond motifs is 6. The fourth-order valence-electron chi connectivity index (χ4n) is 5.16. The van der Waals surface area contributed by atoms with Crippen LogP contribution in [0, 0.1) is 0 Å². The summed E-state index contributed by atoms with van der Waals surface area (Å²) in [7, 11) is 6.41. The van der Waals surface area contributed by atoms with Crippen LogP contribution in [0.15, 0.2) is 41.3 Å². The molecule has 1 aliphatic rings. The molecule has 0 amide bonds. The Morgan fingerprint density at radius 2 is 1.38 bits per heavy atom. The van der Waals surface area contributed by atoms with Gasteiger partial charge in [-0.05, 0) is 82.9 Å². The normalized spacial score (nSPS) is 15.8. The highest BCUT2D eigenvalue weighted by molar-refractivity contribution is 6.26. The maximum absolute atomic E-state index is 13.9. The maximum atomic E-state index is 13.9. The van der Waals surface area contributed by atoms with Gasteiger partial charge in [0.05, 0.1) is 40.4 Å². The van der Waals surface area contributed by atoms with Crippen molar-refractivity contribution in [1.82, 2.24) is 4.57 Å². The number of hydrogen-bond donors (Lipinski definition) is 0. The first-order chi connectivity index (χ1) is 18.1. The van der Waals surface area contributed by atoms with E-state index in [-0.39, 0.29) is 11.8 Å². The Bertz CT molecular complexity index is 1490. The van der Waals surface area contributed by atoms with E-state index < -0.39 is 0 Å². The van der Waals surface area contributed by atoms with Crippen molar-refractivity contribution in [2.75, 3.05) is 41.7 Å². The van der Waals surface area contributed by atoms with Crippen LogP contribution in [-0.2, 0) is 16.0 Å². The number of ether oxygens (including phenoxy) is 6. The van der Waals surface area contributed by atoms with Crippen molar-refractivity contribution < 1.29 is 28.4 Å². The van der Waals surface area contributed by atoms with Gasteiger partial charge in [-0.1, -0.05) is 0 Å². The molecule has 1 atom stereocenters. The zero-order valence-electron chi connectivity index (χ0n) is 21.8. The van der Waals surface area contributed by atoms with Crippen LogP contribution in [0.5, 0.6) is 23.0 Å². The molecule has 0 N–H and O–H groups in total. The third-order valence-corrected chi connectivity index (χ3v) is 7.05. The zero-order chi connectivity index (χ0) is 25.9. The van der Waals surface area contributed by atoms with Gasteiger partial charge in [0.25, 0.3) is 5.56 Å². The van der Waals surface area contributed by atoms with Gasteiger partial charge >= 0.3 is 0 Å². The van der Waals surface area contributed by atoms with Gasteiger partial charge in [0, 0.05) is 19.3 Å². The van der Waals surface area contributed by atoms with Crippen molar-refractivity contribution in [3.8, 4) is 23.0 Å². The van der Waals surface area contributed by atoms with E-state index in [1.165, 1.54) is 0 Å². The highest BCUT2D eigenvalue weighted by Crippen LogP contribution is 2.43. The molecule has 0 bridgehead atoms. The van der Waals surface area contributed by atoms with Crippen LogP contribution in [-0.4, -0.2) is 52.5 Å². The summed E-state index contributed by atoms with van der Waals surface area (Å²) >= 11 is 0. The number of hydrogen-bond acceptors (Lipinski definition) is 7. The molecule has 0 aliphatic carbocycles. The third kappa shape index (κ3) is 4.67. The van der Waals surface area contributed by atoms with E-state index in [1.54, 1.807) is 33.0 Å². The lowest BCUT2D eigenvalue weighted by Crippen LogP contribution is -2.24. The van der Waals surface area contributed by atoms with E-state index in [9.17, 15) is 4.79 Å². The monoisotopic (exact) mass is 507 g/mol. The van der Waals surface area contributed by atoms with Crippen molar-refractivity contribution in [2.45, 2.75) is 38.5 Å². The molecule has 196 valence electrons. The van der Waals surface area contributed by atoms with Gasteiger partial charge in [-0.3, -0.25) is 4.79 Å². The molecule has 37 heavy (non-hydrogen) atoms. The van der Waals surface area contributed by atoms with E-state index in [4.69, 9.17) is 28.4 Å². The molecule has 8 nitrogen and oxygen atoms in total. The van der Waals surface area contributed by atoms with E-state index in [0.29, 0.717) is 48.0 Å².